The molecule has 4 nitrogen and oxygen atoms in total. The highest BCUT2D eigenvalue weighted by molar-refractivity contribution is 8.18. The molecule has 0 saturated heterocycles. The van der Waals surface area contributed by atoms with E-state index < -0.39 is 0 Å². The molecule has 2 aromatic heterocycles. The van der Waals surface area contributed by atoms with Gasteiger partial charge in [-0.3, -0.25) is 0 Å². The Morgan fingerprint density at radius 2 is 1.41 bits per heavy atom. The summed E-state index contributed by atoms with van der Waals surface area (Å²) in [7, 11) is 0. The van der Waals surface area contributed by atoms with Gasteiger partial charge in [0.05, 0.1) is 4.58 Å². The molecule has 0 aliphatic rings. The molecule has 0 saturated carbocycles. The van der Waals surface area contributed by atoms with Crippen LogP contribution in [0.15, 0.2) is 47.7 Å². The number of rotatable bonds is 6. The normalized spacial score (nSPS) is 11.2. The summed E-state index contributed by atoms with van der Waals surface area (Å²) >= 11 is 14.8. The van der Waals surface area contributed by atoms with Gasteiger partial charge in [0.2, 0.25) is 0 Å². The monoisotopic (exact) mass is 402 g/mol. The zero-order valence-electron chi connectivity index (χ0n) is 11.0. The maximum atomic E-state index is 4.22. The van der Waals surface area contributed by atoms with E-state index in [1.54, 1.807) is 23.5 Å². The van der Waals surface area contributed by atoms with Crippen molar-refractivity contribution in [3.05, 3.63) is 35.9 Å². The van der Waals surface area contributed by atoms with Crippen molar-refractivity contribution in [3.8, 4) is 0 Å². The molecule has 3 rings (SSSR count). The lowest BCUT2D eigenvalue weighted by molar-refractivity contribution is 0.949. The average Bonchev–Trinajstić information content (AvgIpc) is 3.09. The molecular weight excluding hydrogens is 393 g/mol. The summed E-state index contributed by atoms with van der Waals surface area (Å²) < 4.78 is 3.42. The van der Waals surface area contributed by atoms with Crippen molar-refractivity contribution in [1.29, 1.82) is 0 Å². The van der Waals surface area contributed by atoms with E-state index in [0.717, 1.165) is 15.1 Å². The molecule has 0 fully saturated rings. The SMILES string of the molecule is Sc1nnc(SC(Cc2ccccc2)Sc2nnc(S)s2)s1. The fourth-order valence-corrected chi connectivity index (χ4v) is 7.09. The summed E-state index contributed by atoms with van der Waals surface area (Å²) in [6, 6.07) is 10.4. The number of thiol groups is 2. The highest BCUT2D eigenvalue weighted by Crippen LogP contribution is 2.40. The van der Waals surface area contributed by atoms with Crippen molar-refractivity contribution in [1.82, 2.24) is 20.4 Å². The van der Waals surface area contributed by atoms with Gasteiger partial charge in [-0.15, -0.1) is 45.7 Å². The second-order valence-electron chi connectivity index (χ2n) is 4.06. The van der Waals surface area contributed by atoms with E-state index >= 15 is 0 Å². The van der Waals surface area contributed by atoms with E-state index in [1.807, 2.05) is 6.07 Å². The minimum atomic E-state index is 0.240. The lowest BCUT2D eigenvalue weighted by atomic mass is 10.2. The largest absolute Gasteiger partial charge is 0.176 e. The van der Waals surface area contributed by atoms with Gasteiger partial charge in [-0.05, 0) is 12.0 Å². The molecule has 3 aromatic rings. The van der Waals surface area contributed by atoms with E-state index in [2.05, 4.69) is 69.9 Å². The van der Waals surface area contributed by atoms with Gasteiger partial charge in [-0.1, -0.05) is 76.5 Å². The van der Waals surface area contributed by atoms with E-state index in [1.165, 1.54) is 28.2 Å². The quantitative estimate of drug-likeness (QED) is 0.362. The smallest absolute Gasteiger partial charge is 0.131 e. The first-order chi connectivity index (χ1) is 10.7. The lowest BCUT2D eigenvalue weighted by Gasteiger charge is -2.12. The maximum absolute atomic E-state index is 4.22. The molecule has 0 bridgehead atoms. The Kier molecular flexibility index (Phi) is 6.05. The summed E-state index contributed by atoms with van der Waals surface area (Å²) in [5, 5.41) is 16.2. The summed E-state index contributed by atoms with van der Waals surface area (Å²) in [6.07, 6.45) is 0.902. The molecule has 0 amide bonds. The highest BCUT2D eigenvalue weighted by Gasteiger charge is 2.18. The number of thioether (sulfide) groups is 2. The van der Waals surface area contributed by atoms with Crippen LogP contribution in [0, 0.1) is 0 Å². The van der Waals surface area contributed by atoms with E-state index in [-0.39, 0.29) is 4.58 Å². The van der Waals surface area contributed by atoms with Gasteiger partial charge < -0.3 is 0 Å². The molecule has 0 unspecified atom stereocenters. The standard InChI is InChI=1S/C12H10N4S6/c17-9-13-15-11(21-9)19-8(6-7-4-2-1-3-5-7)20-12-16-14-10(18)22-12/h1-5,8H,6H2,(H,13,17)(H,14,18). The van der Waals surface area contributed by atoms with Crippen molar-refractivity contribution >= 4 is 71.5 Å². The number of aromatic nitrogens is 4. The van der Waals surface area contributed by atoms with Crippen LogP contribution < -0.4 is 0 Å². The molecule has 1 aromatic carbocycles. The first-order valence-corrected chi connectivity index (χ1v) is 10.4. The van der Waals surface area contributed by atoms with Crippen LogP contribution in [-0.4, -0.2) is 25.0 Å². The third kappa shape index (κ3) is 4.87. The topological polar surface area (TPSA) is 51.6 Å². The third-order valence-corrected chi connectivity index (χ3v) is 7.35. The third-order valence-electron chi connectivity index (χ3n) is 2.50. The van der Waals surface area contributed by atoms with E-state index in [9.17, 15) is 0 Å². The van der Waals surface area contributed by atoms with Crippen molar-refractivity contribution in [3.63, 3.8) is 0 Å². The Balaban J connectivity index is 1.75. The lowest BCUT2D eigenvalue weighted by Crippen LogP contribution is -2.02. The summed E-state index contributed by atoms with van der Waals surface area (Å²) in [4.78, 5) is 0. The zero-order valence-corrected chi connectivity index (χ0v) is 16.0. The Morgan fingerprint density at radius 1 is 0.864 bits per heavy atom. The zero-order chi connectivity index (χ0) is 15.4. The summed E-state index contributed by atoms with van der Waals surface area (Å²) in [6.45, 7) is 0. The second-order valence-corrected chi connectivity index (χ2v) is 10.7. The van der Waals surface area contributed by atoms with Gasteiger partial charge in [0.25, 0.3) is 0 Å². The Labute approximate surface area is 155 Å². The minimum absolute atomic E-state index is 0.240. The number of hydrogen-bond acceptors (Lipinski definition) is 10. The van der Waals surface area contributed by atoms with Crippen molar-refractivity contribution in [2.45, 2.75) is 28.4 Å². The Bertz CT molecular complexity index is 686. The number of benzene rings is 1. The van der Waals surface area contributed by atoms with E-state index in [0.29, 0.717) is 8.68 Å². The van der Waals surface area contributed by atoms with Crippen LogP contribution in [0.3, 0.4) is 0 Å². The van der Waals surface area contributed by atoms with Gasteiger partial charge in [-0.25, -0.2) is 0 Å². The Hall–Kier alpha value is -0.260. The van der Waals surface area contributed by atoms with Crippen LogP contribution in [0.25, 0.3) is 0 Å². The van der Waals surface area contributed by atoms with Gasteiger partial charge >= 0.3 is 0 Å². The van der Waals surface area contributed by atoms with Crippen LogP contribution in [0.5, 0.6) is 0 Å². The van der Waals surface area contributed by atoms with Gasteiger partial charge in [0.1, 0.15) is 0 Å². The molecule has 10 heteroatoms. The molecule has 0 aliphatic carbocycles. The molecular formula is C12H10N4S6. The average molecular weight is 403 g/mol. The molecule has 0 spiro atoms. The van der Waals surface area contributed by atoms with Crippen molar-refractivity contribution in [2.75, 3.05) is 0 Å². The van der Waals surface area contributed by atoms with Crippen molar-refractivity contribution < 1.29 is 0 Å². The maximum Gasteiger partial charge on any atom is 0.176 e. The number of hydrogen-bond donors (Lipinski definition) is 2. The summed E-state index contributed by atoms with van der Waals surface area (Å²) in [5.74, 6) is 0. The van der Waals surface area contributed by atoms with Crippen molar-refractivity contribution in [2.24, 2.45) is 0 Å². The van der Waals surface area contributed by atoms with Gasteiger partial charge in [0, 0.05) is 0 Å². The first-order valence-electron chi connectivity index (χ1n) is 6.11. The second kappa shape index (κ2) is 8.02. The Morgan fingerprint density at radius 3 is 1.86 bits per heavy atom. The van der Waals surface area contributed by atoms with Crippen LogP contribution in [0.4, 0.5) is 0 Å². The predicted molar refractivity (Wildman–Crippen MR) is 100.0 cm³/mol. The summed E-state index contributed by atoms with van der Waals surface area (Å²) in [5.41, 5.74) is 1.28. The van der Waals surface area contributed by atoms with Gasteiger partial charge in [0.15, 0.2) is 17.4 Å². The van der Waals surface area contributed by atoms with Crippen LogP contribution in [-0.2, 0) is 6.42 Å². The predicted octanol–water partition coefficient (Wildman–Crippen LogP) is 4.42. The van der Waals surface area contributed by atoms with Gasteiger partial charge in [-0.2, -0.15) is 0 Å². The van der Waals surface area contributed by atoms with Crippen LogP contribution in [0.2, 0.25) is 0 Å². The van der Waals surface area contributed by atoms with Crippen LogP contribution >= 0.6 is 71.5 Å². The molecule has 22 heavy (non-hydrogen) atoms. The molecule has 2 heterocycles. The van der Waals surface area contributed by atoms with E-state index in [4.69, 9.17) is 0 Å². The molecule has 0 N–H and O–H groups in total. The number of nitrogens with zero attached hydrogens (tertiary/aromatic N) is 4. The molecule has 0 atom stereocenters. The molecule has 114 valence electrons. The minimum Gasteiger partial charge on any atom is -0.131 e. The van der Waals surface area contributed by atoms with Crippen LogP contribution in [0.1, 0.15) is 5.56 Å². The first kappa shape index (κ1) is 16.6. The highest BCUT2D eigenvalue weighted by atomic mass is 32.2. The molecule has 0 aliphatic heterocycles. The fraction of sp³-hybridized carbons (Fsp3) is 0.167. The fourth-order valence-electron chi connectivity index (χ4n) is 1.64. The molecule has 0 radical (unpaired) electrons.